The summed E-state index contributed by atoms with van der Waals surface area (Å²) in [6, 6.07) is 0.245. The molecule has 18 heavy (non-hydrogen) atoms. The van der Waals surface area contributed by atoms with Crippen LogP contribution in [-0.4, -0.2) is 20.9 Å². The molecule has 0 aliphatic heterocycles. The molecule has 98 valence electrons. The third kappa shape index (κ3) is 2.95. The number of alkyl halides is 1. The van der Waals surface area contributed by atoms with E-state index in [1.54, 1.807) is 0 Å². The predicted molar refractivity (Wildman–Crippen MR) is 65.5 cm³/mol. The first kappa shape index (κ1) is 13.2. The highest BCUT2D eigenvalue weighted by atomic mass is 79.9. The number of rotatable bonds is 3. The van der Waals surface area contributed by atoms with E-state index >= 15 is 0 Å². The Kier molecular flexibility index (Phi) is 3.79. The number of allylic oxidation sites excluding steroid dienone is 4. The zero-order chi connectivity index (χ0) is 13.3. The molecule has 1 atom stereocenters. The monoisotopic (exact) mass is 319 g/mol. The van der Waals surface area contributed by atoms with Gasteiger partial charge in [-0.1, -0.05) is 0 Å². The first-order chi connectivity index (χ1) is 8.45. The Morgan fingerprint density at radius 2 is 2.28 bits per heavy atom. The first-order valence-corrected chi connectivity index (χ1v) is 6.27. The van der Waals surface area contributed by atoms with Crippen LogP contribution in [0.3, 0.4) is 0 Å². The first-order valence-electron chi connectivity index (χ1n) is 5.47. The number of hydrogen-bond acceptors (Lipinski definition) is 3. The summed E-state index contributed by atoms with van der Waals surface area (Å²) < 4.78 is 33.5. The van der Waals surface area contributed by atoms with Gasteiger partial charge in [-0.2, -0.15) is 4.98 Å². The number of ether oxygens (including phenoxy) is 1. The van der Waals surface area contributed by atoms with Gasteiger partial charge in [0, 0.05) is 12.5 Å². The van der Waals surface area contributed by atoms with Crippen LogP contribution in [-0.2, 0) is 0 Å². The quantitative estimate of drug-likeness (QED) is 0.856. The Labute approximate surface area is 111 Å². The SMILES string of the molecule is CC(C)n1nc(Br)nc1OC1=CC(F)=CC(F)C1. The van der Waals surface area contributed by atoms with Crippen molar-refractivity contribution in [2.45, 2.75) is 32.5 Å². The Balaban J connectivity index is 2.22. The average Bonchev–Trinajstić information content (AvgIpc) is 2.57. The van der Waals surface area contributed by atoms with Crippen LogP contribution in [0, 0.1) is 0 Å². The molecule has 1 unspecified atom stereocenters. The second kappa shape index (κ2) is 5.17. The van der Waals surface area contributed by atoms with Crippen molar-refractivity contribution in [2.24, 2.45) is 0 Å². The lowest BCUT2D eigenvalue weighted by Gasteiger charge is -2.15. The molecular formula is C11H12BrF2N3O. The van der Waals surface area contributed by atoms with Gasteiger partial charge in [0.1, 0.15) is 17.8 Å². The van der Waals surface area contributed by atoms with Crippen molar-refractivity contribution in [3.8, 4) is 6.01 Å². The lowest BCUT2D eigenvalue weighted by Crippen LogP contribution is -2.12. The lowest BCUT2D eigenvalue weighted by molar-refractivity contribution is 0.287. The minimum Gasteiger partial charge on any atom is -0.429 e. The molecule has 1 aromatic rings. The largest absolute Gasteiger partial charge is 0.429 e. The molecule has 0 radical (unpaired) electrons. The minimum absolute atomic E-state index is 0.00397. The molecular weight excluding hydrogens is 308 g/mol. The van der Waals surface area contributed by atoms with Gasteiger partial charge in [0.05, 0.1) is 6.04 Å². The Morgan fingerprint density at radius 1 is 1.56 bits per heavy atom. The summed E-state index contributed by atoms with van der Waals surface area (Å²) in [5.74, 6) is -0.442. The molecule has 1 aromatic heterocycles. The van der Waals surface area contributed by atoms with Crippen LogP contribution in [0.15, 0.2) is 28.5 Å². The number of halogens is 3. The molecule has 0 aromatic carbocycles. The van der Waals surface area contributed by atoms with Crippen molar-refractivity contribution in [3.63, 3.8) is 0 Å². The van der Waals surface area contributed by atoms with Crippen LogP contribution >= 0.6 is 15.9 Å². The van der Waals surface area contributed by atoms with Crippen molar-refractivity contribution in [1.29, 1.82) is 0 Å². The Bertz CT molecular complexity index is 510. The smallest absolute Gasteiger partial charge is 0.321 e. The average molecular weight is 320 g/mol. The van der Waals surface area contributed by atoms with Gasteiger partial charge >= 0.3 is 6.01 Å². The van der Waals surface area contributed by atoms with E-state index < -0.39 is 12.0 Å². The minimum atomic E-state index is -1.37. The maximum absolute atomic E-state index is 13.2. The van der Waals surface area contributed by atoms with Crippen molar-refractivity contribution < 1.29 is 13.5 Å². The molecule has 0 fully saturated rings. The van der Waals surface area contributed by atoms with Crippen LogP contribution < -0.4 is 4.74 Å². The summed E-state index contributed by atoms with van der Waals surface area (Å²) in [6.45, 7) is 3.81. The van der Waals surface area contributed by atoms with Crippen molar-refractivity contribution >= 4 is 15.9 Å². The fraction of sp³-hybridized carbons (Fsp3) is 0.455. The fourth-order valence-electron chi connectivity index (χ4n) is 1.56. The molecule has 0 saturated heterocycles. The van der Waals surface area contributed by atoms with Gasteiger partial charge in [0.25, 0.3) is 0 Å². The molecule has 4 nitrogen and oxygen atoms in total. The van der Waals surface area contributed by atoms with Crippen molar-refractivity contribution in [1.82, 2.24) is 14.8 Å². The molecule has 1 heterocycles. The molecule has 2 rings (SSSR count). The summed E-state index contributed by atoms with van der Waals surface area (Å²) in [5, 5.41) is 4.08. The summed E-state index contributed by atoms with van der Waals surface area (Å²) in [7, 11) is 0. The molecule has 0 bridgehead atoms. The Morgan fingerprint density at radius 3 is 2.89 bits per heavy atom. The molecule has 7 heteroatoms. The molecule has 1 aliphatic rings. The molecule has 0 spiro atoms. The van der Waals surface area contributed by atoms with Crippen molar-refractivity contribution in [2.75, 3.05) is 0 Å². The van der Waals surface area contributed by atoms with Gasteiger partial charge in [-0.05, 0) is 35.9 Å². The van der Waals surface area contributed by atoms with Crippen LogP contribution in [0.2, 0.25) is 0 Å². The molecule has 1 aliphatic carbocycles. The van der Waals surface area contributed by atoms with E-state index in [2.05, 4.69) is 26.0 Å². The molecule has 0 saturated carbocycles. The number of nitrogens with zero attached hydrogens (tertiary/aromatic N) is 3. The maximum atomic E-state index is 13.2. The lowest BCUT2D eigenvalue weighted by atomic mass is 10.1. The maximum Gasteiger partial charge on any atom is 0.321 e. The predicted octanol–water partition coefficient (Wildman–Crippen LogP) is 3.48. The highest BCUT2D eigenvalue weighted by Gasteiger charge is 2.20. The topological polar surface area (TPSA) is 39.9 Å². The summed E-state index contributed by atoms with van der Waals surface area (Å²) in [6.07, 6.45) is 0.693. The summed E-state index contributed by atoms with van der Waals surface area (Å²) in [4.78, 5) is 4.02. The van der Waals surface area contributed by atoms with E-state index in [0.717, 1.165) is 12.2 Å². The third-order valence-corrected chi connectivity index (χ3v) is 2.66. The standard InChI is InChI=1S/C11H12BrF2N3O/c1-6(2)17-11(15-10(12)16-17)18-9-4-7(13)3-8(14)5-9/h3-4,6,8H,5H2,1-2H3. The van der Waals surface area contributed by atoms with E-state index in [1.807, 2.05) is 13.8 Å². The summed E-state index contributed by atoms with van der Waals surface area (Å²) >= 11 is 3.14. The second-order valence-electron chi connectivity index (χ2n) is 4.19. The van der Waals surface area contributed by atoms with Crippen LogP contribution in [0.4, 0.5) is 8.78 Å². The van der Waals surface area contributed by atoms with Crippen LogP contribution in [0.5, 0.6) is 6.01 Å². The van der Waals surface area contributed by atoms with E-state index in [9.17, 15) is 8.78 Å². The fourth-order valence-corrected chi connectivity index (χ4v) is 1.89. The van der Waals surface area contributed by atoms with E-state index in [-0.39, 0.29) is 24.2 Å². The zero-order valence-corrected chi connectivity index (χ0v) is 11.5. The second-order valence-corrected chi connectivity index (χ2v) is 4.90. The third-order valence-electron chi connectivity index (χ3n) is 2.32. The zero-order valence-electron chi connectivity index (χ0n) is 9.90. The van der Waals surface area contributed by atoms with Gasteiger partial charge in [-0.25, -0.2) is 13.5 Å². The van der Waals surface area contributed by atoms with Crippen LogP contribution in [0.25, 0.3) is 0 Å². The molecule has 0 N–H and O–H groups in total. The van der Waals surface area contributed by atoms with Gasteiger partial charge in [0.2, 0.25) is 4.73 Å². The van der Waals surface area contributed by atoms with Gasteiger partial charge in [-0.3, -0.25) is 0 Å². The van der Waals surface area contributed by atoms with E-state index in [4.69, 9.17) is 4.74 Å². The molecule has 0 amide bonds. The Hall–Kier alpha value is -1.24. The van der Waals surface area contributed by atoms with Gasteiger partial charge in [0.15, 0.2) is 0 Å². The number of aromatic nitrogens is 3. The normalized spacial score (nSPS) is 19.8. The van der Waals surface area contributed by atoms with Gasteiger partial charge < -0.3 is 4.74 Å². The van der Waals surface area contributed by atoms with Crippen LogP contribution in [0.1, 0.15) is 26.3 Å². The van der Waals surface area contributed by atoms with Gasteiger partial charge in [-0.15, -0.1) is 5.10 Å². The summed E-state index contributed by atoms with van der Waals surface area (Å²) in [5.41, 5.74) is 0. The van der Waals surface area contributed by atoms with E-state index in [0.29, 0.717) is 4.73 Å². The highest BCUT2D eigenvalue weighted by Crippen LogP contribution is 2.25. The van der Waals surface area contributed by atoms with Crippen molar-refractivity contribution in [3.05, 3.63) is 28.5 Å². The number of hydrogen-bond donors (Lipinski definition) is 0. The highest BCUT2D eigenvalue weighted by molar-refractivity contribution is 9.10. The van der Waals surface area contributed by atoms with E-state index in [1.165, 1.54) is 4.68 Å².